The van der Waals surface area contributed by atoms with Gasteiger partial charge in [-0.15, -0.1) is 0 Å². The molecule has 118 valence electrons. The summed E-state index contributed by atoms with van der Waals surface area (Å²) >= 11 is 3.43. The Bertz CT molecular complexity index is 624. The molecule has 0 atom stereocenters. The Labute approximate surface area is 139 Å². The lowest BCUT2D eigenvalue weighted by Gasteiger charge is -2.16. The number of rotatable bonds is 7. The topological polar surface area (TPSA) is 42.7 Å². The van der Waals surface area contributed by atoms with Crippen molar-refractivity contribution in [2.24, 2.45) is 0 Å². The van der Waals surface area contributed by atoms with Gasteiger partial charge in [-0.3, -0.25) is 4.79 Å². The van der Waals surface area contributed by atoms with E-state index in [1.807, 2.05) is 43.3 Å². The van der Waals surface area contributed by atoms with Crippen LogP contribution in [0.15, 0.2) is 45.3 Å². The van der Waals surface area contributed by atoms with Crippen LogP contribution in [0, 0.1) is 6.92 Å². The molecule has 0 N–H and O–H groups in total. The highest BCUT2D eigenvalue weighted by Crippen LogP contribution is 2.23. The maximum absolute atomic E-state index is 12.1. The zero-order chi connectivity index (χ0) is 15.9. The number of aryl methyl sites for hydroxylation is 1. The highest BCUT2D eigenvalue weighted by Gasteiger charge is 2.11. The standard InChI is InChI=1S/C17H20BrNO3/c1-13-9-10-14(22-13)12-19(2)17(20)8-5-11-21-16-7-4-3-6-15(16)18/h3-4,6-7,9-10H,5,8,11-12H2,1-2H3. The van der Waals surface area contributed by atoms with Crippen LogP contribution in [0.2, 0.25) is 0 Å². The van der Waals surface area contributed by atoms with Crippen molar-refractivity contribution >= 4 is 21.8 Å². The fraction of sp³-hybridized carbons (Fsp3) is 0.353. The largest absolute Gasteiger partial charge is 0.492 e. The fourth-order valence-corrected chi connectivity index (χ4v) is 2.45. The second-order valence-electron chi connectivity index (χ2n) is 5.14. The van der Waals surface area contributed by atoms with Gasteiger partial charge in [-0.2, -0.15) is 0 Å². The van der Waals surface area contributed by atoms with E-state index in [9.17, 15) is 4.79 Å². The van der Waals surface area contributed by atoms with Gasteiger partial charge in [0, 0.05) is 13.5 Å². The molecule has 0 aliphatic rings. The predicted molar refractivity (Wildman–Crippen MR) is 88.8 cm³/mol. The predicted octanol–water partition coefficient (Wildman–Crippen LogP) is 4.17. The highest BCUT2D eigenvalue weighted by molar-refractivity contribution is 9.10. The number of halogens is 1. The van der Waals surface area contributed by atoms with Gasteiger partial charge in [-0.25, -0.2) is 0 Å². The molecule has 0 aliphatic heterocycles. The van der Waals surface area contributed by atoms with Crippen LogP contribution < -0.4 is 4.74 Å². The molecule has 0 saturated heterocycles. The van der Waals surface area contributed by atoms with Crippen molar-refractivity contribution in [2.45, 2.75) is 26.3 Å². The summed E-state index contributed by atoms with van der Waals surface area (Å²) in [6, 6.07) is 11.5. The van der Waals surface area contributed by atoms with Gasteiger partial charge in [0.25, 0.3) is 0 Å². The summed E-state index contributed by atoms with van der Waals surface area (Å²) < 4.78 is 12.1. The molecule has 0 saturated carbocycles. The maximum atomic E-state index is 12.1. The van der Waals surface area contributed by atoms with Crippen molar-refractivity contribution in [3.63, 3.8) is 0 Å². The SMILES string of the molecule is Cc1ccc(CN(C)C(=O)CCCOc2ccccc2Br)o1. The first-order valence-electron chi connectivity index (χ1n) is 7.23. The Morgan fingerprint density at radius 1 is 1.27 bits per heavy atom. The average molecular weight is 366 g/mol. The van der Waals surface area contributed by atoms with Crippen LogP contribution in [0.5, 0.6) is 5.75 Å². The number of carbonyl (C=O) groups is 1. The normalized spacial score (nSPS) is 10.5. The van der Waals surface area contributed by atoms with E-state index >= 15 is 0 Å². The van der Waals surface area contributed by atoms with E-state index in [0.717, 1.165) is 21.7 Å². The van der Waals surface area contributed by atoms with Gasteiger partial charge < -0.3 is 14.1 Å². The first-order valence-corrected chi connectivity index (χ1v) is 8.02. The van der Waals surface area contributed by atoms with Crippen LogP contribution in [0.1, 0.15) is 24.4 Å². The second-order valence-corrected chi connectivity index (χ2v) is 6.00. The minimum absolute atomic E-state index is 0.0878. The Morgan fingerprint density at radius 3 is 2.73 bits per heavy atom. The van der Waals surface area contributed by atoms with E-state index in [-0.39, 0.29) is 5.91 Å². The third kappa shape index (κ3) is 4.91. The Hall–Kier alpha value is -1.75. The molecule has 0 bridgehead atoms. The molecule has 2 rings (SSSR count). The number of benzene rings is 1. The second kappa shape index (κ2) is 8.03. The van der Waals surface area contributed by atoms with E-state index in [1.165, 1.54) is 0 Å². The molecular weight excluding hydrogens is 346 g/mol. The third-order valence-electron chi connectivity index (χ3n) is 3.24. The van der Waals surface area contributed by atoms with Gasteiger partial charge >= 0.3 is 0 Å². The number of carbonyl (C=O) groups excluding carboxylic acids is 1. The molecule has 0 aliphatic carbocycles. The molecule has 22 heavy (non-hydrogen) atoms. The van der Waals surface area contributed by atoms with Gasteiger partial charge in [0.15, 0.2) is 0 Å². The summed E-state index contributed by atoms with van der Waals surface area (Å²) in [5.74, 6) is 2.55. The number of hydrogen-bond donors (Lipinski definition) is 0. The summed E-state index contributed by atoms with van der Waals surface area (Å²) in [7, 11) is 1.79. The van der Waals surface area contributed by atoms with E-state index in [1.54, 1.807) is 11.9 Å². The quantitative estimate of drug-likeness (QED) is 0.691. The summed E-state index contributed by atoms with van der Waals surface area (Å²) in [6.45, 7) is 2.91. The summed E-state index contributed by atoms with van der Waals surface area (Å²) in [4.78, 5) is 13.7. The molecule has 4 nitrogen and oxygen atoms in total. The van der Waals surface area contributed by atoms with Crippen LogP contribution >= 0.6 is 15.9 Å². The molecule has 0 radical (unpaired) electrons. The minimum atomic E-state index is 0.0878. The fourth-order valence-electron chi connectivity index (χ4n) is 2.05. The van der Waals surface area contributed by atoms with Crippen molar-refractivity contribution in [1.82, 2.24) is 4.90 Å². The van der Waals surface area contributed by atoms with Gasteiger partial charge in [-0.05, 0) is 53.5 Å². The Balaban J connectivity index is 1.70. The number of hydrogen-bond acceptors (Lipinski definition) is 3. The monoisotopic (exact) mass is 365 g/mol. The average Bonchev–Trinajstić information content (AvgIpc) is 2.90. The van der Waals surface area contributed by atoms with Gasteiger partial charge in [0.2, 0.25) is 5.91 Å². The molecule has 0 fully saturated rings. The maximum Gasteiger partial charge on any atom is 0.222 e. The number of para-hydroxylation sites is 1. The summed E-state index contributed by atoms with van der Waals surface area (Å²) in [6.07, 6.45) is 1.14. The molecule has 0 unspecified atom stereocenters. The van der Waals surface area contributed by atoms with Crippen LogP contribution in [0.4, 0.5) is 0 Å². The molecule has 5 heteroatoms. The molecule has 1 amide bonds. The number of nitrogens with zero attached hydrogens (tertiary/aromatic N) is 1. The lowest BCUT2D eigenvalue weighted by molar-refractivity contribution is -0.130. The van der Waals surface area contributed by atoms with Crippen molar-refractivity contribution in [3.8, 4) is 5.75 Å². The summed E-state index contributed by atoms with van der Waals surface area (Å²) in [5, 5.41) is 0. The molecular formula is C17H20BrNO3. The van der Waals surface area contributed by atoms with Crippen molar-refractivity contribution in [2.75, 3.05) is 13.7 Å². The molecule has 2 aromatic rings. The first-order chi connectivity index (χ1) is 10.6. The van der Waals surface area contributed by atoms with Gasteiger partial charge in [0.05, 0.1) is 17.6 Å². The molecule has 1 heterocycles. The van der Waals surface area contributed by atoms with Crippen molar-refractivity contribution in [1.29, 1.82) is 0 Å². The van der Waals surface area contributed by atoms with E-state index < -0.39 is 0 Å². The lowest BCUT2D eigenvalue weighted by Crippen LogP contribution is -2.26. The summed E-state index contributed by atoms with van der Waals surface area (Å²) in [5.41, 5.74) is 0. The number of amides is 1. The van der Waals surface area contributed by atoms with Crippen molar-refractivity contribution < 1.29 is 13.9 Å². The third-order valence-corrected chi connectivity index (χ3v) is 3.90. The zero-order valence-electron chi connectivity index (χ0n) is 12.8. The zero-order valence-corrected chi connectivity index (χ0v) is 14.4. The molecule has 1 aromatic carbocycles. The Morgan fingerprint density at radius 2 is 2.05 bits per heavy atom. The van der Waals surface area contributed by atoms with E-state index in [0.29, 0.717) is 26.0 Å². The van der Waals surface area contributed by atoms with Crippen LogP contribution in [0.25, 0.3) is 0 Å². The molecule has 0 spiro atoms. The number of furan rings is 1. The van der Waals surface area contributed by atoms with Crippen molar-refractivity contribution in [3.05, 3.63) is 52.4 Å². The highest BCUT2D eigenvalue weighted by atomic mass is 79.9. The van der Waals surface area contributed by atoms with Gasteiger partial charge in [0.1, 0.15) is 17.3 Å². The van der Waals surface area contributed by atoms with Gasteiger partial charge in [-0.1, -0.05) is 12.1 Å². The number of ether oxygens (including phenoxy) is 1. The van der Waals surface area contributed by atoms with E-state index in [4.69, 9.17) is 9.15 Å². The smallest absolute Gasteiger partial charge is 0.222 e. The Kier molecular flexibility index (Phi) is 6.07. The molecule has 1 aromatic heterocycles. The van der Waals surface area contributed by atoms with E-state index in [2.05, 4.69) is 15.9 Å². The van der Waals surface area contributed by atoms with Crippen LogP contribution in [0.3, 0.4) is 0 Å². The van der Waals surface area contributed by atoms with Crippen LogP contribution in [-0.4, -0.2) is 24.5 Å². The van der Waals surface area contributed by atoms with Crippen LogP contribution in [-0.2, 0) is 11.3 Å². The lowest BCUT2D eigenvalue weighted by atomic mass is 10.3. The first kappa shape index (κ1) is 16.6. The minimum Gasteiger partial charge on any atom is -0.492 e.